The molecule has 0 atom stereocenters. The maximum absolute atomic E-state index is 12.7. The Bertz CT molecular complexity index is 783. The maximum Gasteiger partial charge on any atom is 0.255 e. The normalized spacial score (nSPS) is 14.8. The minimum absolute atomic E-state index is 0.00973. The van der Waals surface area contributed by atoms with E-state index in [0.29, 0.717) is 12.1 Å². The number of sulfonamides is 1. The van der Waals surface area contributed by atoms with Crippen molar-refractivity contribution in [1.29, 1.82) is 0 Å². The lowest BCUT2D eigenvalue weighted by Gasteiger charge is -2.22. The lowest BCUT2D eigenvalue weighted by Crippen LogP contribution is -2.32. The van der Waals surface area contributed by atoms with Gasteiger partial charge in [-0.25, -0.2) is 13.6 Å². The van der Waals surface area contributed by atoms with Gasteiger partial charge in [0.15, 0.2) is 0 Å². The first-order valence-corrected chi connectivity index (χ1v) is 9.19. The number of hydrogen-bond donors (Lipinski definition) is 1. The molecule has 0 spiro atoms. The quantitative estimate of drug-likeness (QED) is 0.896. The number of carbonyl (C=O) groups is 1. The van der Waals surface area contributed by atoms with Crippen molar-refractivity contribution in [1.82, 2.24) is 9.88 Å². The molecule has 1 saturated carbocycles. The van der Waals surface area contributed by atoms with Gasteiger partial charge in [0.2, 0.25) is 10.0 Å². The summed E-state index contributed by atoms with van der Waals surface area (Å²) in [6.07, 6.45) is 5.33. The third-order valence-electron chi connectivity index (χ3n) is 3.45. The molecular weight excluding hydrogens is 322 g/mol. The molecule has 0 bridgehead atoms. The van der Waals surface area contributed by atoms with E-state index in [-0.39, 0.29) is 16.2 Å². The zero-order valence-electron chi connectivity index (χ0n) is 11.7. The van der Waals surface area contributed by atoms with E-state index in [1.165, 1.54) is 6.07 Å². The molecule has 22 heavy (non-hydrogen) atoms. The summed E-state index contributed by atoms with van der Waals surface area (Å²) < 4.78 is 22.7. The molecule has 1 aliphatic rings. The lowest BCUT2D eigenvalue weighted by atomic mass is 10.2. The number of pyridine rings is 1. The molecule has 1 fully saturated rings. The third kappa shape index (κ3) is 3.34. The topological polar surface area (TPSA) is 93.4 Å². The van der Waals surface area contributed by atoms with E-state index in [1.807, 2.05) is 12.1 Å². The van der Waals surface area contributed by atoms with Crippen LogP contribution in [0, 0.1) is 0 Å². The summed E-state index contributed by atoms with van der Waals surface area (Å²) in [5.74, 6) is -0.162. The van der Waals surface area contributed by atoms with Gasteiger partial charge in [-0.2, -0.15) is 0 Å². The molecule has 0 unspecified atom stereocenters. The first-order valence-electron chi connectivity index (χ1n) is 6.76. The second-order valence-electron chi connectivity index (χ2n) is 5.22. The first kappa shape index (κ1) is 15.1. The van der Waals surface area contributed by atoms with Crippen LogP contribution in [0.3, 0.4) is 0 Å². The third-order valence-corrected chi connectivity index (χ3v) is 5.84. The van der Waals surface area contributed by atoms with Crippen LogP contribution in [0.5, 0.6) is 0 Å². The van der Waals surface area contributed by atoms with Gasteiger partial charge in [0.1, 0.15) is 4.21 Å². The average molecular weight is 337 g/mol. The van der Waals surface area contributed by atoms with Crippen molar-refractivity contribution < 1.29 is 13.2 Å². The van der Waals surface area contributed by atoms with Crippen molar-refractivity contribution in [2.75, 3.05) is 0 Å². The van der Waals surface area contributed by atoms with Gasteiger partial charge < -0.3 is 4.90 Å². The minimum Gasteiger partial charge on any atom is -0.331 e. The Balaban J connectivity index is 1.83. The highest BCUT2D eigenvalue weighted by Gasteiger charge is 2.33. The fourth-order valence-electron chi connectivity index (χ4n) is 2.18. The van der Waals surface area contributed by atoms with Gasteiger partial charge in [-0.05, 0) is 36.6 Å². The van der Waals surface area contributed by atoms with Crippen molar-refractivity contribution in [3.63, 3.8) is 0 Å². The summed E-state index contributed by atoms with van der Waals surface area (Å²) in [4.78, 5) is 18.4. The molecule has 2 heterocycles. The summed E-state index contributed by atoms with van der Waals surface area (Å²) in [5.41, 5.74) is 1.37. The summed E-state index contributed by atoms with van der Waals surface area (Å²) in [5, 5.41) is 6.64. The van der Waals surface area contributed by atoms with Gasteiger partial charge in [0.25, 0.3) is 5.91 Å². The Morgan fingerprint density at radius 2 is 2.05 bits per heavy atom. The molecule has 2 aromatic heterocycles. The number of carbonyl (C=O) groups excluding carboxylic acids is 1. The molecule has 0 aliphatic heterocycles. The summed E-state index contributed by atoms with van der Waals surface area (Å²) in [6.45, 7) is 0.493. The summed E-state index contributed by atoms with van der Waals surface area (Å²) >= 11 is 0.970. The predicted octanol–water partition coefficient (Wildman–Crippen LogP) is 1.60. The van der Waals surface area contributed by atoms with Crippen LogP contribution < -0.4 is 5.14 Å². The van der Waals surface area contributed by atoms with Gasteiger partial charge in [-0.1, -0.05) is 0 Å². The molecule has 3 rings (SSSR count). The van der Waals surface area contributed by atoms with Crippen LogP contribution in [-0.2, 0) is 16.6 Å². The largest absolute Gasteiger partial charge is 0.331 e. The number of rotatable bonds is 5. The van der Waals surface area contributed by atoms with E-state index in [1.54, 1.807) is 22.7 Å². The summed E-state index contributed by atoms with van der Waals surface area (Å²) in [6, 6.07) is 5.31. The van der Waals surface area contributed by atoms with E-state index in [2.05, 4.69) is 4.98 Å². The molecule has 6 nitrogen and oxygen atoms in total. The number of aromatic nitrogens is 1. The van der Waals surface area contributed by atoms with Crippen LogP contribution in [0.1, 0.15) is 28.8 Å². The van der Waals surface area contributed by atoms with Crippen LogP contribution in [0.15, 0.2) is 40.2 Å². The Morgan fingerprint density at radius 3 is 2.59 bits per heavy atom. The molecule has 8 heteroatoms. The molecule has 2 N–H and O–H groups in total. The van der Waals surface area contributed by atoms with Gasteiger partial charge >= 0.3 is 0 Å². The first-order chi connectivity index (χ1) is 10.4. The molecule has 0 saturated heterocycles. The van der Waals surface area contributed by atoms with Gasteiger partial charge in [-0.3, -0.25) is 9.78 Å². The SMILES string of the molecule is NS(=O)(=O)c1cc(C(=O)N(Cc2ccncc2)C2CC2)cs1. The molecule has 0 radical (unpaired) electrons. The second kappa shape index (κ2) is 5.79. The number of primary sulfonamides is 1. The maximum atomic E-state index is 12.7. The van der Waals surface area contributed by atoms with Crippen molar-refractivity contribution in [2.45, 2.75) is 29.6 Å². The van der Waals surface area contributed by atoms with Crippen LogP contribution in [-0.4, -0.2) is 30.3 Å². The van der Waals surface area contributed by atoms with Crippen LogP contribution in [0.4, 0.5) is 0 Å². The Hall–Kier alpha value is -1.77. The lowest BCUT2D eigenvalue weighted by molar-refractivity contribution is 0.0730. The Labute approximate surface area is 132 Å². The van der Waals surface area contributed by atoms with Gasteiger partial charge in [0, 0.05) is 30.4 Å². The van der Waals surface area contributed by atoms with E-state index in [0.717, 1.165) is 29.7 Å². The smallest absolute Gasteiger partial charge is 0.255 e. The van der Waals surface area contributed by atoms with Crippen molar-refractivity contribution in [2.24, 2.45) is 5.14 Å². The molecule has 0 aromatic carbocycles. The Morgan fingerprint density at radius 1 is 1.36 bits per heavy atom. The van der Waals surface area contributed by atoms with Gasteiger partial charge in [-0.15, -0.1) is 11.3 Å². The van der Waals surface area contributed by atoms with Crippen molar-refractivity contribution >= 4 is 27.3 Å². The standard InChI is InChI=1S/C14H15N3O3S2/c15-22(19,20)13-7-11(9-21-13)14(18)17(12-1-2-12)8-10-3-5-16-6-4-10/h3-7,9,12H,1-2,8H2,(H2,15,19,20). The fraction of sp³-hybridized carbons (Fsp3) is 0.286. The molecular formula is C14H15N3O3S2. The predicted molar refractivity (Wildman–Crippen MR) is 82.8 cm³/mol. The summed E-state index contributed by atoms with van der Waals surface area (Å²) in [7, 11) is -3.77. The highest BCUT2D eigenvalue weighted by atomic mass is 32.2. The highest BCUT2D eigenvalue weighted by molar-refractivity contribution is 7.91. The number of nitrogens with two attached hydrogens (primary N) is 1. The van der Waals surface area contributed by atoms with E-state index >= 15 is 0 Å². The second-order valence-corrected chi connectivity index (χ2v) is 7.92. The molecule has 2 aromatic rings. The van der Waals surface area contributed by atoms with E-state index < -0.39 is 10.0 Å². The number of amides is 1. The van der Waals surface area contributed by atoms with Crippen molar-refractivity contribution in [3.05, 3.63) is 47.1 Å². The zero-order valence-corrected chi connectivity index (χ0v) is 13.3. The fourth-order valence-corrected chi connectivity index (χ4v) is 3.76. The highest BCUT2D eigenvalue weighted by Crippen LogP contribution is 2.31. The van der Waals surface area contributed by atoms with Gasteiger partial charge in [0.05, 0.1) is 5.56 Å². The van der Waals surface area contributed by atoms with Crippen LogP contribution in [0.25, 0.3) is 0 Å². The van der Waals surface area contributed by atoms with Crippen LogP contribution in [0.2, 0.25) is 0 Å². The number of thiophene rings is 1. The average Bonchev–Trinajstić information content (AvgIpc) is 3.19. The van der Waals surface area contributed by atoms with E-state index in [9.17, 15) is 13.2 Å². The minimum atomic E-state index is -3.77. The van der Waals surface area contributed by atoms with Crippen molar-refractivity contribution in [3.8, 4) is 0 Å². The number of hydrogen-bond acceptors (Lipinski definition) is 5. The van der Waals surface area contributed by atoms with Crippen LogP contribution >= 0.6 is 11.3 Å². The molecule has 1 amide bonds. The molecule has 1 aliphatic carbocycles. The number of nitrogens with zero attached hydrogens (tertiary/aromatic N) is 2. The Kier molecular flexibility index (Phi) is 3.98. The molecule has 116 valence electrons. The monoisotopic (exact) mass is 337 g/mol. The van der Waals surface area contributed by atoms with E-state index in [4.69, 9.17) is 5.14 Å². The zero-order chi connectivity index (χ0) is 15.7.